The number of hydrogen-bond acceptors (Lipinski definition) is 3. The topological polar surface area (TPSA) is 43.9 Å². The normalized spacial score (nSPS) is 12.6. The van der Waals surface area contributed by atoms with E-state index < -0.39 is 0 Å². The third-order valence-electron chi connectivity index (χ3n) is 5.41. The SMILES string of the molecule is CCN(CC)c1ccc(N(CCC(=O)N2CCc3ccccc32)C(C)=O)cc1. The molecule has 2 amide bonds. The lowest BCUT2D eigenvalue weighted by atomic mass is 10.2. The first-order valence-corrected chi connectivity index (χ1v) is 10.1. The molecule has 28 heavy (non-hydrogen) atoms. The first-order chi connectivity index (χ1) is 13.5. The van der Waals surface area contributed by atoms with Crippen molar-refractivity contribution in [2.75, 3.05) is 40.9 Å². The summed E-state index contributed by atoms with van der Waals surface area (Å²) < 4.78 is 0. The minimum atomic E-state index is -0.0507. The van der Waals surface area contributed by atoms with E-state index in [0.29, 0.717) is 13.0 Å². The second-order valence-corrected chi connectivity index (χ2v) is 7.03. The van der Waals surface area contributed by atoms with Crippen molar-refractivity contribution in [1.82, 2.24) is 0 Å². The van der Waals surface area contributed by atoms with Crippen molar-refractivity contribution < 1.29 is 9.59 Å². The van der Waals surface area contributed by atoms with E-state index in [1.54, 1.807) is 11.8 Å². The highest BCUT2D eigenvalue weighted by Crippen LogP contribution is 2.28. The van der Waals surface area contributed by atoms with Gasteiger partial charge < -0.3 is 14.7 Å². The molecule has 0 fully saturated rings. The molecule has 5 heteroatoms. The van der Waals surface area contributed by atoms with Crippen LogP contribution in [-0.4, -0.2) is 38.0 Å². The zero-order valence-corrected chi connectivity index (χ0v) is 17.0. The van der Waals surface area contributed by atoms with Gasteiger partial charge in [-0.1, -0.05) is 18.2 Å². The summed E-state index contributed by atoms with van der Waals surface area (Å²) in [4.78, 5) is 30.8. The minimum absolute atomic E-state index is 0.0507. The molecule has 0 radical (unpaired) electrons. The van der Waals surface area contributed by atoms with Crippen LogP contribution in [0, 0.1) is 0 Å². The van der Waals surface area contributed by atoms with Gasteiger partial charge in [0, 0.05) is 56.6 Å². The van der Waals surface area contributed by atoms with E-state index in [4.69, 9.17) is 0 Å². The third kappa shape index (κ3) is 4.19. The van der Waals surface area contributed by atoms with Crippen molar-refractivity contribution in [2.24, 2.45) is 0 Å². The highest BCUT2D eigenvalue weighted by molar-refractivity contribution is 5.97. The summed E-state index contributed by atoms with van der Waals surface area (Å²) >= 11 is 0. The van der Waals surface area contributed by atoms with Crippen LogP contribution >= 0.6 is 0 Å². The van der Waals surface area contributed by atoms with E-state index in [-0.39, 0.29) is 11.8 Å². The molecule has 2 aromatic carbocycles. The van der Waals surface area contributed by atoms with E-state index in [2.05, 4.69) is 24.8 Å². The molecule has 0 bridgehead atoms. The molecule has 0 aliphatic carbocycles. The zero-order valence-electron chi connectivity index (χ0n) is 17.0. The molecule has 0 atom stereocenters. The molecule has 148 valence electrons. The summed E-state index contributed by atoms with van der Waals surface area (Å²) in [5.74, 6) is 0.0150. The molecule has 0 unspecified atom stereocenters. The maximum Gasteiger partial charge on any atom is 0.228 e. The molecule has 5 nitrogen and oxygen atoms in total. The Morgan fingerprint density at radius 2 is 1.61 bits per heavy atom. The average Bonchev–Trinajstić information content (AvgIpc) is 3.14. The molecule has 0 N–H and O–H groups in total. The maximum atomic E-state index is 12.8. The van der Waals surface area contributed by atoms with Gasteiger partial charge in [0.2, 0.25) is 11.8 Å². The highest BCUT2D eigenvalue weighted by atomic mass is 16.2. The van der Waals surface area contributed by atoms with Crippen molar-refractivity contribution in [1.29, 1.82) is 0 Å². The number of rotatable bonds is 7. The lowest BCUT2D eigenvalue weighted by Crippen LogP contribution is -2.35. The predicted octanol–water partition coefficient (Wildman–Crippen LogP) is 3.87. The molecule has 0 saturated heterocycles. The summed E-state index contributed by atoms with van der Waals surface area (Å²) in [6, 6.07) is 16.0. The molecule has 0 saturated carbocycles. The van der Waals surface area contributed by atoms with Gasteiger partial charge in [0.05, 0.1) is 0 Å². The number of hydrogen-bond donors (Lipinski definition) is 0. The van der Waals surface area contributed by atoms with Crippen molar-refractivity contribution in [3.05, 3.63) is 54.1 Å². The summed E-state index contributed by atoms with van der Waals surface area (Å²) in [5, 5.41) is 0. The number of nitrogens with zero attached hydrogens (tertiary/aromatic N) is 3. The van der Waals surface area contributed by atoms with Crippen LogP contribution in [0.2, 0.25) is 0 Å². The fourth-order valence-electron chi connectivity index (χ4n) is 3.84. The third-order valence-corrected chi connectivity index (χ3v) is 5.41. The van der Waals surface area contributed by atoms with Crippen LogP contribution in [0.5, 0.6) is 0 Å². The molecular weight excluding hydrogens is 350 g/mol. The van der Waals surface area contributed by atoms with Crippen molar-refractivity contribution in [2.45, 2.75) is 33.6 Å². The number of fused-ring (bicyclic) bond motifs is 1. The van der Waals surface area contributed by atoms with Crippen LogP contribution in [0.15, 0.2) is 48.5 Å². The Hall–Kier alpha value is -2.82. The van der Waals surface area contributed by atoms with Crippen LogP contribution in [0.1, 0.15) is 32.8 Å². The summed E-state index contributed by atoms with van der Waals surface area (Å²) in [7, 11) is 0. The Kier molecular flexibility index (Phi) is 6.34. The van der Waals surface area contributed by atoms with Gasteiger partial charge in [-0.25, -0.2) is 0 Å². The Bertz CT molecular complexity index is 828. The highest BCUT2D eigenvalue weighted by Gasteiger charge is 2.24. The van der Waals surface area contributed by atoms with Gasteiger partial charge in [-0.05, 0) is 56.2 Å². The Morgan fingerprint density at radius 3 is 2.25 bits per heavy atom. The van der Waals surface area contributed by atoms with Gasteiger partial charge in [-0.3, -0.25) is 9.59 Å². The standard InChI is InChI=1S/C23H29N3O2/c1-4-24(5-2)20-10-12-21(13-11-20)25(18(3)27)17-15-23(28)26-16-14-19-8-6-7-9-22(19)26/h6-13H,4-5,14-17H2,1-3H3. The number of benzene rings is 2. The molecule has 1 aliphatic rings. The number of para-hydroxylation sites is 1. The van der Waals surface area contributed by atoms with E-state index in [1.807, 2.05) is 47.4 Å². The summed E-state index contributed by atoms with van der Waals surface area (Å²) in [6.45, 7) is 8.79. The van der Waals surface area contributed by atoms with Gasteiger partial charge in [0.25, 0.3) is 0 Å². The van der Waals surface area contributed by atoms with Crippen molar-refractivity contribution in [3.63, 3.8) is 0 Å². The van der Waals surface area contributed by atoms with Gasteiger partial charge in [-0.2, -0.15) is 0 Å². The smallest absolute Gasteiger partial charge is 0.228 e. The number of carbonyl (C=O) groups excluding carboxylic acids is 2. The minimum Gasteiger partial charge on any atom is -0.372 e. The average molecular weight is 380 g/mol. The summed E-state index contributed by atoms with van der Waals surface area (Å²) in [6.07, 6.45) is 1.21. The van der Waals surface area contributed by atoms with Crippen LogP contribution < -0.4 is 14.7 Å². The van der Waals surface area contributed by atoms with Crippen LogP contribution in [0.3, 0.4) is 0 Å². The predicted molar refractivity (Wildman–Crippen MR) is 115 cm³/mol. The molecular formula is C23H29N3O2. The lowest BCUT2D eigenvalue weighted by molar-refractivity contribution is -0.118. The monoisotopic (exact) mass is 379 g/mol. The zero-order chi connectivity index (χ0) is 20.1. The van der Waals surface area contributed by atoms with Gasteiger partial charge >= 0.3 is 0 Å². The van der Waals surface area contributed by atoms with Gasteiger partial charge in [0.1, 0.15) is 0 Å². The van der Waals surface area contributed by atoms with Crippen LogP contribution in [0.25, 0.3) is 0 Å². The molecule has 2 aromatic rings. The molecule has 0 spiro atoms. The van der Waals surface area contributed by atoms with E-state index in [0.717, 1.165) is 43.1 Å². The second kappa shape index (κ2) is 8.91. The Labute approximate surface area is 167 Å². The van der Waals surface area contributed by atoms with Crippen molar-refractivity contribution in [3.8, 4) is 0 Å². The fraction of sp³-hybridized carbons (Fsp3) is 0.391. The first-order valence-electron chi connectivity index (χ1n) is 10.1. The maximum absolute atomic E-state index is 12.8. The first kappa shape index (κ1) is 19.9. The van der Waals surface area contributed by atoms with E-state index in [9.17, 15) is 9.59 Å². The second-order valence-electron chi connectivity index (χ2n) is 7.03. The number of anilines is 3. The van der Waals surface area contributed by atoms with Gasteiger partial charge in [0.15, 0.2) is 0 Å². The van der Waals surface area contributed by atoms with E-state index >= 15 is 0 Å². The van der Waals surface area contributed by atoms with Crippen LogP contribution in [-0.2, 0) is 16.0 Å². The van der Waals surface area contributed by atoms with Crippen LogP contribution in [0.4, 0.5) is 17.1 Å². The number of carbonyl (C=O) groups is 2. The molecule has 1 heterocycles. The largest absolute Gasteiger partial charge is 0.372 e. The quantitative estimate of drug-likeness (QED) is 0.734. The Morgan fingerprint density at radius 1 is 0.964 bits per heavy atom. The lowest BCUT2D eigenvalue weighted by Gasteiger charge is -2.25. The van der Waals surface area contributed by atoms with E-state index in [1.165, 1.54) is 5.56 Å². The number of amides is 2. The Balaban J connectivity index is 1.67. The molecule has 3 rings (SSSR count). The van der Waals surface area contributed by atoms with Crippen molar-refractivity contribution >= 4 is 28.9 Å². The van der Waals surface area contributed by atoms with Gasteiger partial charge in [-0.15, -0.1) is 0 Å². The molecule has 0 aromatic heterocycles. The summed E-state index contributed by atoms with van der Waals surface area (Å²) in [5.41, 5.74) is 4.19. The molecule has 1 aliphatic heterocycles. The fourth-order valence-corrected chi connectivity index (χ4v) is 3.84.